The van der Waals surface area contributed by atoms with Gasteiger partial charge in [0.2, 0.25) is 15.9 Å². The highest BCUT2D eigenvalue weighted by molar-refractivity contribution is 7.89. The lowest BCUT2D eigenvalue weighted by Crippen LogP contribution is -2.46. The molecule has 28 heavy (non-hydrogen) atoms. The lowest BCUT2D eigenvalue weighted by Gasteiger charge is -2.26. The quantitative estimate of drug-likeness (QED) is 0.685. The first kappa shape index (κ1) is 20.1. The van der Waals surface area contributed by atoms with E-state index in [1.165, 1.54) is 24.0 Å². The van der Waals surface area contributed by atoms with Crippen molar-refractivity contribution in [2.75, 3.05) is 7.05 Å². The Bertz CT molecular complexity index is 1050. The molecule has 0 aliphatic heterocycles. The van der Waals surface area contributed by atoms with Gasteiger partial charge < -0.3 is 9.32 Å². The van der Waals surface area contributed by atoms with Crippen LogP contribution < -0.4 is 4.72 Å². The number of benzene rings is 2. The van der Waals surface area contributed by atoms with Crippen LogP contribution in [0.4, 0.5) is 0 Å². The maximum atomic E-state index is 12.8. The van der Waals surface area contributed by atoms with E-state index in [9.17, 15) is 13.2 Å². The van der Waals surface area contributed by atoms with Gasteiger partial charge in [0.1, 0.15) is 11.3 Å². The minimum absolute atomic E-state index is 0.130. The molecule has 0 bridgehead atoms. The van der Waals surface area contributed by atoms with Crippen molar-refractivity contribution in [3.05, 3.63) is 65.9 Å². The predicted octanol–water partition coefficient (Wildman–Crippen LogP) is 3.63. The third-order valence-corrected chi connectivity index (χ3v) is 6.38. The summed E-state index contributed by atoms with van der Waals surface area (Å²) in [5.41, 5.74) is 1.71. The van der Waals surface area contributed by atoms with E-state index < -0.39 is 16.1 Å². The number of carbonyl (C=O) groups excluding carboxylic acids is 1. The monoisotopic (exact) mass is 400 g/mol. The number of hydrogen-bond acceptors (Lipinski definition) is 4. The van der Waals surface area contributed by atoms with Gasteiger partial charge in [-0.2, -0.15) is 4.72 Å². The summed E-state index contributed by atoms with van der Waals surface area (Å²) in [5, 5.41) is 0.957. The zero-order valence-electron chi connectivity index (χ0n) is 16.3. The normalized spacial score (nSPS) is 14.0. The van der Waals surface area contributed by atoms with Gasteiger partial charge in [-0.3, -0.25) is 4.79 Å². The Kier molecular flexibility index (Phi) is 5.58. The van der Waals surface area contributed by atoms with Gasteiger partial charge in [0.15, 0.2) is 0 Å². The van der Waals surface area contributed by atoms with Crippen molar-refractivity contribution in [1.82, 2.24) is 9.62 Å². The summed E-state index contributed by atoms with van der Waals surface area (Å²) in [7, 11) is -2.15. The summed E-state index contributed by atoms with van der Waals surface area (Å²) in [5.74, 6) is 0.300. The second-order valence-corrected chi connectivity index (χ2v) is 8.68. The molecule has 2 aromatic carbocycles. The van der Waals surface area contributed by atoms with Gasteiger partial charge in [-0.1, -0.05) is 35.9 Å². The van der Waals surface area contributed by atoms with Gasteiger partial charge in [0.05, 0.1) is 17.0 Å². The van der Waals surface area contributed by atoms with Crippen LogP contribution in [0.3, 0.4) is 0 Å². The largest absolute Gasteiger partial charge is 0.459 e. The summed E-state index contributed by atoms with van der Waals surface area (Å²) in [6, 6.07) is 14.7. The van der Waals surface area contributed by atoms with Crippen LogP contribution in [0.15, 0.2) is 63.9 Å². The molecule has 2 atom stereocenters. The van der Waals surface area contributed by atoms with Crippen molar-refractivity contribution in [3.63, 3.8) is 0 Å². The number of fused-ring (bicyclic) bond motifs is 1. The fourth-order valence-electron chi connectivity index (χ4n) is 2.96. The lowest BCUT2D eigenvalue weighted by molar-refractivity contribution is -0.133. The van der Waals surface area contributed by atoms with Crippen molar-refractivity contribution in [1.29, 1.82) is 0 Å². The zero-order chi connectivity index (χ0) is 20.5. The van der Waals surface area contributed by atoms with E-state index in [2.05, 4.69) is 4.72 Å². The molecule has 0 saturated carbocycles. The van der Waals surface area contributed by atoms with Gasteiger partial charge in [-0.05, 0) is 45.0 Å². The molecule has 3 aromatic rings. The number of aryl methyl sites for hydroxylation is 1. The molecule has 6 nitrogen and oxygen atoms in total. The Hall–Kier alpha value is -2.64. The van der Waals surface area contributed by atoms with Gasteiger partial charge in [-0.25, -0.2) is 8.42 Å². The van der Waals surface area contributed by atoms with Crippen molar-refractivity contribution < 1.29 is 17.6 Å². The minimum Gasteiger partial charge on any atom is -0.459 e. The number of sulfonamides is 1. The number of para-hydroxylation sites is 1. The molecule has 0 saturated heterocycles. The van der Waals surface area contributed by atoms with E-state index in [0.29, 0.717) is 5.76 Å². The number of rotatable bonds is 6. The molecule has 1 heterocycles. The van der Waals surface area contributed by atoms with Crippen LogP contribution in [-0.4, -0.2) is 32.3 Å². The molecule has 1 N–H and O–H groups in total. The molecule has 148 valence electrons. The SMILES string of the molecule is Cc1ccc(S(=O)(=O)NC(C)C(=O)N(C)C(C)c2cc3ccccc3o2)cc1. The molecule has 0 spiro atoms. The summed E-state index contributed by atoms with van der Waals surface area (Å²) < 4.78 is 33.4. The molecule has 2 unspecified atom stereocenters. The van der Waals surface area contributed by atoms with Gasteiger partial charge in [-0.15, -0.1) is 0 Å². The Labute approximate surface area is 165 Å². The molecule has 0 fully saturated rings. The third-order valence-electron chi connectivity index (χ3n) is 4.82. The van der Waals surface area contributed by atoms with E-state index in [4.69, 9.17) is 4.42 Å². The smallest absolute Gasteiger partial charge is 0.241 e. The predicted molar refractivity (Wildman–Crippen MR) is 108 cm³/mol. The molecule has 1 amide bonds. The number of furan rings is 1. The summed E-state index contributed by atoms with van der Waals surface area (Å²) in [4.78, 5) is 14.4. The molecule has 0 aliphatic carbocycles. The first-order valence-corrected chi connectivity index (χ1v) is 10.5. The van der Waals surface area contributed by atoms with E-state index >= 15 is 0 Å². The number of likely N-dealkylation sites (N-methyl/N-ethyl adjacent to an activating group) is 1. The molecule has 7 heteroatoms. The maximum Gasteiger partial charge on any atom is 0.241 e. The van der Waals surface area contributed by atoms with Crippen molar-refractivity contribution in [2.45, 2.75) is 37.8 Å². The molecule has 3 rings (SSSR count). The van der Waals surface area contributed by atoms with E-state index in [0.717, 1.165) is 16.5 Å². The number of nitrogens with zero attached hydrogens (tertiary/aromatic N) is 1. The summed E-state index contributed by atoms with van der Waals surface area (Å²) >= 11 is 0. The Balaban J connectivity index is 1.73. The van der Waals surface area contributed by atoms with Crippen LogP contribution >= 0.6 is 0 Å². The van der Waals surface area contributed by atoms with Gasteiger partial charge in [0, 0.05) is 12.4 Å². The first-order chi connectivity index (χ1) is 13.2. The molecular formula is C21H24N2O4S. The van der Waals surface area contributed by atoms with Crippen LogP contribution in [0.5, 0.6) is 0 Å². The van der Waals surface area contributed by atoms with Crippen LogP contribution in [0.2, 0.25) is 0 Å². The van der Waals surface area contributed by atoms with Crippen molar-refractivity contribution in [2.24, 2.45) is 0 Å². The van der Waals surface area contributed by atoms with Crippen molar-refractivity contribution >= 4 is 26.9 Å². The first-order valence-electron chi connectivity index (χ1n) is 9.03. The summed E-state index contributed by atoms with van der Waals surface area (Å²) in [6.45, 7) is 5.26. The Morgan fingerprint density at radius 1 is 1.07 bits per heavy atom. The van der Waals surface area contributed by atoms with E-state index in [1.54, 1.807) is 19.2 Å². The molecule has 0 radical (unpaired) electrons. The summed E-state index contributed by atoms with van der Waals surface area (Å²) in [6.07, 6.45) is 0. The average Bonchev–Trinajstić information content (AvgIpc) is 3.10. The van der Waals surface area contributed by atoms with E-state index in [-0.39, 0.29) is 16.8 Å². The molecular weight excluding hydrogens is 376 g/mol. The fourth-order valence-corrected chi connectivity index (χ4v) is 4.16. The van der Waals surface area contributed by atoms with Crippen LogP contribution in [-0.2, 0) is 14.8 Å². The minimum atomic E-state index is -3.79. The van der Waals surface area contributed by atoms with Gasteiger partial charge >= 0.3 is 0 Å². The lowest BCUT2D eigenvalue weighted by atomic mass is 10.2. The highest BCUT2D eigenvalue weighted by Crippen LogP contribution is 2.27. The maximum absolute atomic E-state index is 12.8. The Morgan fingerprint density at radius 2 is 1.71 bits per heavy atom. The number of hydrogen-bond donors (Lipinski definition) is 1. The fraction of sp³-hybridized carbons (Fsp3) is 0.286. The second-order valence-electron chi connectivity index (χ2n) is 6.97. The zero-order valence-corrected chi connectivity index (χ0v) is 17.2. The third kappa shape index (κ3) is 4.10. The Morgan fingerprint density at radius 3 is 2.36 bits per heavy atom. The van der Waals surface area contributed by atoms with Crippen LogP contribution in [0.1, 0.15) is 31.2 Å². The van der Waals surface area contributed by atoms with Gasteiger partial charge in [0.25, 0.3) is 0 Å². The number of nitrogens with one attached hydrogen (secondary N) is 1. The highest BCUT2D eigenvalue weighted by atomic mass is 32.2. The molecule has 1 aromatic heterocycles. The molecule has 0 aliphatic rings. The van der Waals surface area contributed by atoms with Crippen LogP contribution in [0, 0.1) is 6.92 Å². The number of amides is 1. The standard InChI is InChI=1S/C21H24N2O4S/c1-14-9-11-18(12-10-14)28(25,26)22-15(2)21(24)23(4)16(3)20-13-17-7-5-6-8-19(17)27-20/h5-13,15-16,22H,1-4H3. The number of carbonyl (C=O) groups is 1. The van der Waals surface area contributed by atoms with Crippen molar-refractivity contribution in [3.8, 4) is 0 Å². The second kappa shape index (κ2) is 7.77. The highest BCUT2D eigenvalue weighted by Gasteiger charge is 2.28. The van der Waals surface area contributed by atoms with E-state index in [1.807, 2.05) is 44.2 Å². The average molecular weight is 401 g/mol. The van der Waals surface area contributed by atoms with Crippen LogP contribution in [0.25, 0.3) is 11.0 Å². The topological polar surface area (TPSA) is 79.6 Å².